The molecule has 0 bridgehead atoms. The second-order valence-corrected chi connectivity index (χ2v) is 8.12. The zero-order valence-electron chi connectivity index (χ0n) is 19.7. The number of aliphatic imine (C=N–C) groups is 1. The monoisotopic (exact) mass is 439 g/mol. The first-order valence-corrected chi connectivity index (χ1v) is 11.6. The lowest BCUT2D eigenvalue weighted by atomic mass is 10.1. The lowest BCUT2D eigenvalue weighted by Gasteiger charge is -2.22. The van der Waals surface area contributed by atoms with Gasteiger partial charge in [-0.05, 0) is 61.4 Å². The van der Waals surface area contributed by atoms with Crippen molar-refractivity contribution in [1.82, 2.24) is 10.6 Å². The molecule has 0 atom stereocenters. The van der Waals surface area contributed by atoms with Gasteiger partial charge in [0.25, 0.3) is 0 Å². The number of benzene rings is 2. The first kappa shape index (κ1) is 24.1. The molecule has 3 rings (SSSR count). The molecule has 0 aliphatic carbocycles. The molecule has 1 aliphatic heterocycles. The van der Waals surface area contributed by atoms with Gasteiger partial charge in [0.05, 0.1) is 26.4 Å². The maximum absolute atomic E-state index is 6.06. The molecule has 2 aromatic rings. The van der Waals surface area contributed by atoms with E-state index in [4.69, 9.17) is 19.2 Å². The number of nitrogens with zero attached hydrogens (tertiary/aromatic N) is 1. The van der Waals surface area contributed by atoms with Crippen LogP contribution in [0.2, 0.25) is 0 Å². The van der Waals surface area contributed by atoms with E-state index in [0.717, 1.165) is 62.8 Å². The highest BCUT2D eigenvalue weighted by Crippen LogP contribution is 2.19. The minimum Gasteiger partial charge on any atom is -0.496 e. The Morgan fingerprint density at radius 3 is 2.66 bits per heavy atom. The standard InChI is InChI=1S/C26H37N3O3/c1-4-27-26(28-13-10-21-9-8-20(2)25(17-21)30-3)29-18-22-6-5-7-23(16-22)19-32-24-11-14-31-15-12-24/h5-9,16-17,24H,4,10-15,18-19H2,1-3H3,(H2,27,28,29). The number of aryl methyl sites for hydroxylation is 1. The Kier molecular flexibility index (Phi) is 9.85. The highest BCUT2D eigenvalue weighted by molar-refractivity contribution is 5.79. The van der Waals surface area contributed by atoms with Crippen molar-refractivity contribution in [1.29, 1.82) is 0 Å². The SMILES string of the molecule is CCNC(=NCc1cccc(COC2CCOCC2)c1)NCCc1ccc(C)c(OC)c1. The Balaban J connectivity index is 1.50. The van der Waals surface area contributed by atoms with Crippen molar-refractivity contribution in [2.75, 3.05) is 33.4 Å². The van der Waals surface area contributed by atoms with Crippen molar-refractivity contribution in [3.05, 3.63) is 64.7 Å². The summed E-state index contributed by atoms with van der Waals surface area (Å²) in [5.41, 5.74) is 4.77. The summed E-state index contributed by atoms with van der Waals surface area (Å²) in [5, 5.41) is 6.77. The number of hydrogen-bond acceptors (Lipinski definition) is 4. The molecule has 6 nitrogen and oxygen atoms in total. The molecule has 0 radical (unpaired) electrons. The van der Waals surface area contributed by atoms with Gasteiger partial charge in [0.15, 0.2) is 5.96 Å². The Morgan fingerprint density at radius 2 is 1.88 bits per heavy atom. The third kappa shape index (κ3) is 7.84. The summed E-state index contributed by atoms with van der Waals surface area (Å²) in [6.07, 6.45) is 3.18. The fraction of sp³-hybridized carbons (Fsp3) is 0.500. The summed E-state index contributed by atoms with van der Waals surface area (Å²) in [6.45, 7) is 8.63. The van der Waals surface area contributed by atoms with E-state index >= 15 is 0 Å². The molecule has 0 spiro atoms. The predicted molar refractivity (Wildman–Crippen MR) is 129 cm³/mol. The molecule has 0 saturated carbocycles. The van der Waals surface area contributed by atoms with Crippen LogP contribution in [0.15, 0.2) is 47.5 Å². The van der Waals surface area contributed by atoms with E-state index in [0.29, 0.717) is 19.3 Å². The molecule has 6 heteroatoms. The molecule has 0 unspecified atom stereocenters. The van der Waals surface area contributed by atoms with Crippen molar-refractivity contribution in [3.63, 3.8) is 0 Å². The summed E-state index contributed by atoms with van der Waals surface area (Å²) >= 11 is 0. The molecule has 2 N–H and O–H groups in total. The third-order valence-corrected chi connectivity index (χ3v) is 5.59. The van der Waals surface area contributed by atoms with Crippen LogP contribution < -0.4 is 15.4 Å². The van der Waals surface area contributed by atoms with Gasteiger partial charge in [0.2, 0.25) is 0 Å². The van der Waals surface area contributed by atoms with Gasteiger partial charge in [-0.3, -0.25) is 0 Å². The second-order valence-electron chi connectivity index (χ2n) is 8.12. The lowest BCUT2D eigenvalue weighted by molar-refractivity contribution is -0.0390. The normalized spacial score (nSPS) is 14.9. The van der Waals surface area contributed by atoms with Gasteiger partial charge < -0.3 is 24.8 Å². The third-order valence-electron chi connectivity index (χ3n) is 5.59. The number of methoxy groups -OCH3 is 1. The van der Waals surface area contributed by atoms with E-state index in [9.17, 15) is 0 Å². The van der Waals surface area contributed by atoms with Gasteiger partial charge in [-0.25, -0.2) is 4.99 Å². The van der Waals surface area contributed by atoms with Crippen molar-refractivity contribution >= 4 is 5.96 Å². The largest absolute Gasteiger partial charge is 0.496 e. The Bertz CT molecular complexity index is 863. The van der Waals surface area contributed by atoms with E-state index in [1.54, 1.807) is 7.11 Å². The van der Waals surface area contributed by atoms with E-state index < -0.39 is 0 Å². The van der Waals surface area contributed by atoms with Gasteiger partial charge in [-0.15, -0.1) is 0 Å². The number of ether oxygens (including phenoxy) is 3. The summed E-state index contributed by atoms with van der Waals surface area (Å²) in [5.74, 6) is 1.76. The summed E-state index contributed by atoms with van der Waals surface area (Å²) in [7, 11) is 1.71. The van der Waals surface area contributed by atoms with Crippen LogP contribution in [0.4, 0.5) is 0 Å². The van der Waals surface area contributed by atoms with E-state index in [-0.39, 0.29) is 0 Å². The lowest BCUT2D eigenvalue weighted by Crippen LogP contribution is -2.38. The number of guanidine groups is 1. The Morgan fingerprint density at radius 1 is 1.06 bits per heavy atom. The van der Waals surface area contributed by atoms with Crippen molar-refractivity contribution < 1.29 is 14.2 Å². The smallest absolute Gasteiger partial charge is 0.191 e. The van der Waals surface area contributed by atoms with Crippen LogP contribution in [-0.2, 0) is 29.0 Å². The minimum absolute atomic E-state index is 0.309. The average Bonchev–Trinajstić information content (AvgIpc) is 2.83. The first-order valence-electron chi connectivity index (χ1n) is 11.6. The highest BCUT2D eigenvalue weighted by atomic mass is 16.5. The zero-order chi connectivity index (χ0) is 22.6. The highest BCUT2D eigenvalue weighted by Gasteiger charge is 2.14. The molecule has 1 aliphatic rings. The van der Waals surface area contributed by atoms with Crippen molar-refractivity contribution in [2.45, 2.75) is 52.4 Å². The van der Waals surface area contributed by atoms with Crippen LogP contribution in [0.1, 0.15) is 42.0 Å². The van der Waals surface area contributed by atoms with E-state index in [1.807, 2.05) is 0 Å². The molecular weight excluding hydrogens is 402 g/mol. The summed E-state index contributed by atoms with van der Waals surface area (Å²) in [6, 6.07) is 14.9. The number of rotatable bonds is 10. The van der Waals surface area contributed by atoms with Gasteiger partial charge in [-0.2, -0.15) is 0 Å². The van der Waals surface area contributed by atoms with Crippen LogP contribution in [0, 0.1) is 6.92 Å². The molecule has 0 amide bonds. The fourth-order valence-electron chi connectivity index (χ4n) is 3.73. The topological polar surface area (TPSA) is 64.1 Å². The van der Waals surface area contributed by atoms with E-state index in [2.05, 4.69) is 66.9 Å². The first-order chi connectivity index (χ1) is 15.7. The van der Waals surface area contributed by atoms with E-state index in [1.165, 1.54) is 16.7 Å². The van der Waals surface area contributed by atoms with Gasteiger partial charge in [0.1, 0.15) is 5.75 Å². The Labute approximate surface area is 192 Å². The maximum atomic E-state index is 6.06. The molecule has 174 valence electrons. The number of nitrogens with one attached hydrogen (secondary N) is 2. The van der Waals surface area contributed by atoms with Crippen LogP contribution in [-0.4, -0.2) is 45.5 Å². The molecule has 1 heterocycles. The molecule has 2 aromatic carbocycles. The summed E-state index contributed by atoms with van der Waals surface area (Å²) in [4.78, 5) is 4.77. The zero-order valence-corrected chi connectivity index (χ0v) is 19.7. The van der Waals surface area contributed by atoms with Gasteiger partial charge in [-0.1, -0.05) is 36.4 Å². The summed E-state index contributed by atoms with van der Waals surface area (Å²) < 4.78 is 16.9. The fourth-order valence-corrected chi connectivity index (χ4v) is 3.73. The maximum Gasteiger partial charge on any atom is 0.191 e. The van der Waals surface area contributed by atoms with Crippen LogP contribution in [0.25, 0.3) is 0 Å². The molecular formula is C26H37N3O3. The predicted octanol–water partition coefficient (Wildman–Crippen LogP) is 4.00. The second kappa shape index (κ2) is 13.1. The molecule has 1 saturated heterocycles. The number of hydrogen-bond donors (Lipinski definition) is 2. The molecule has 0 aromatic heterocycles. The molecule has 1 fully saturated rings. The average molecular weight is 440 g/mol. The van der Waals surface area contributed by atoms with Gasteiger partial charge in [0, 0.05) is 26.3 Å². The van der Waals surface area contributed by atoms with Crippen LogP contribution in [0.5, 0.6) is 5.75 Å². The Hall–Kier alpha value is -2.57. The molecule has 32 heavy (non-hydrogen) atoms. The van der Waals surface area contributed by atoms with Crippen LogP contribution >= 0.6 is 0 Å². The van der Waals surface area contributed by atoms with Crippen molar-refractivity contribution in [3.8, 4) is 5.75 Å². The van der Waals surface area contributed by atoms with Crippen LogP contribution in [0.3, 0.4) is 0 Å². The van der Waals surface area contributed by atoms with Gasteiger partial charge >= 0.3 is 0 Å². The quantitative estimate of drug-likeness (QED) is 0.433. The minimum atomic E-state index is 0.309. The van der Waals surface area contributed by atoms with Crippen molar-refractivity contribution in [2.24, 2.45) is 4.99 Å².